The third-order valence-electron chi connectivity index (χ3n) is 3.05. The summed E-state index contributed by atoms with van der Waals surface area (Å²) in [5, 5.41) is 12.2. The van der Waals surface area contributed by atoms with Gasteiger partial charge in [-0.05, 0) is 30.9 Å². The van der Waals surface area contributed by atoms with Crippen molar-refractivity contribution in [2.75, 3.05) is 18.0 Å². The Morgan fingerprint density at radius 3 is 2.20 bits per heavy atom. The Balaban J connectivity index is 3.24. The average Bonchev–Trinajstić information content (AvgIpc) is 2.35. The van der Waals surface area contributed by atoms with E-state index in [0.29, 0.717) is 11.8 Å². The van der Waals surface area contributed by atoms with Crippen molar-refractivity contribution < 1.29 is 5.21 Å². The van der Waals surface area contributed by atoms with Crippen LogP contribution in [0.2, 0.25) is 0 Å². The quantitative estimate of drug-likeness (QED) is 0.363. The molecule has 0 heterocycles. The first-order valence-corrected chi connectivity index (χ1v) is 7.18. The minimum Gasteiger partial charge on any atom is -0.409 e. The Bertz CT molecular complexity index is 457. The average molecular weight is 277 g/mol. The van der Waals surface area contributed by atoms with Gasteiger partial charge in [0.15, 0.2) is 5.84 Å². The lowest BCUT2D eigenvalue weighted by Gasteiger charge is -2.30. The maximum atomic E-state index is 8.99. The van der Waals surface area contributed by atoms with E-state index in [1.165, 1.54) is 0 Å². The molecule has 0 saturated carbocycles. The normalized spacial score (nSPS) is 12.2. The van der Waals surface area contributed by atoms with Gasteiger partial charge in [0, 0.05) is 24.3 Å². The summed E-state index contributed by atoms with van der Waals surface area (Å²) in [5.74, 6) is 1.27. The third-order valence-corrected chi connectivity index (χ3v) is 3.05. The van der Waals surface area contributed by atoms with Crippen molar-refractivity contribution in [2.24, 2.45) is 22.7 Å². The van der Waals surface area contributed by atoms with E-state index in [-0.39, 0.29) is 5.84 Å². The monoisotopic (exact) mass is 277 g/mol. The first-order chi connectivity index (χ1) is 9.35. The molecule has 0 radical (unpaired) electrons. The zero-order valence-electron chi connectivity index (χ0n) is 13.2. The second-order valence-electron chi connectivity index (χ2n) is 6.20. The summed E-state index contributed by atoms with van der Waals surface area (Å²) in [7, 11) is 0. The number of amidine groups is 1. The van der Waals surface area contributed by atoms with Crippen LogP contribution < -0.4 is 10.6 Å². The van der Waals surface area contributed by atoms with Crippen molar-refractivity contribution in [3.05, 3.63) is 29.3 Å². The molecule has 0 amide bonds. The minimum atomic E-state index is 0.168. The number of anilines is 1. The molecule has 0 unspecified atom stereocenters. The molecule has 1 rings (SSSR count). The van der Waals surface area contributed by atoms with Gasteiger partial charge < -0.3 is 15.8 Å². The summed E-state index contributed by atoms with van der Waals surface area (Å²) < 4.78 is 0. The highest BCUT2D eigenvalue weighted by Gasteiger charge is 2.16. The van der Waals surface area contributed by atoms with Gasteiger partial charge in [0.25, 0.3) is 0 Å². The molecular weight excluding hydrogens is 250 g/mol. The lowest BCUT2D eigenvalue weighted by atomic mass is 10.0. The lowest BCUT2D eigenvalue weighted by molar-refractivity contribution is 0.318. The fourth-order valence-electron chi connectivity index (χ4n) is 2.34. The van der Waals surface area contributed by atoms with E-state index >= 15 is 0 Å². The van der Waals surface area contributed by atoms with E-state index < -0.39 is 0 Å². The van der Waals surface area contributed by atoms with Crippen molar-refractivity contribution in [2.45, 2.75) is 34.6 Å². The molecule has 20 heavy (non-hydrogen) atoms. The molecule has 1 aromatic rings. The summed E-state index contributed by atoms with van der Waals surface area (Å²) in [6.45, 7) is 12.7. The third kappa shape index (κ3) is 4.44. The van der Waals surface area contributed by atoms with Crippen LogP contribution in [-0.2, 0) is 0 Å². The lowest BCUT2D eigenvalue weighted by Crippen LogP contribution is -2.33. The zero-order valence-corrected chi connectivity index (χ0v) is 13.2. The summed E-state index contributed by atoms with van der Waals surface area (Å²) in [5.41, 5.74) is 8.77. The van der Waals surface area contributed by atoms with Gasteiger partial charge in [-0.15, -0.1) is 0 Å². The van der Waals surface area contributed by atoms with Crippen molar-refractivity contribution >= 4 is 11.5 Å². The number of aryl methyl sites for hydroxylation is 1. The number of benzene rings is 1. The topological polar surface area (TPSA) is 61.8 Å². The van der Waals surface area contributed by atoms with Gasteiger partial charge >= 0.3 is 0 Å². The number of nitrogens with zero attached hydrogens (tertiary/aromatic N) is 2. The molecule has 1 aromatic carbocycles. The van der Waals surface area contributed by atoms with E-state index in [4.69, 9.17) is 10.9 Å². The molecule has 4 nitrogen and oxygen atoms in total. The summed E-state index contributed by atoms with van der Waals surface area (Å²) in [6, 6.07) is 6.10. The predicted molar refractivity (Wildman–Crippen MR) is 85.6 cm³/mol. The number of hydrogen-bond acceptors (Lipinski definition) is 3. The SMILES string of the molecule is Cc1ccc(N(CC(C)C)CC(C)C)c(/C(N)=N/O)c1. The van der Waals surface area contributed by atoms with Crippen LogP contribution in [0.1, 0.15) is 38.8 Å². The largest absolute Gasteiger partial charge is 0.409 e. The van der Waals surface area contributed by atoms with Gasteiger partial charge in [-0.25, -0.2) is 0 Å². The van der Waals surface area contributed by atoms with Crippen LogP contribution in [0.25, 0.3) is 0 Å². The molecule has 0 aromatic heterocycles. The van der Waals surface area contributed by atoms with Gasteiger partial charge in [0.05, 0.1) is 0 Å². The molecule has 0 aliphatic rings. The smallest absolute Gasteiger partial charge is 0.172 e. The highest BCUT2D eigenvalue weighted by atomic mass is 16.4. The fourth-order valence-corrected chi connectivity index (χ4v) is 2.34. The Morgan fingerprint density at radius 2 is 1.75 bits per heavy atom. The predicted octanol–water partition coefficient (Wildman–Crippen LogP) is 3.21. The molecule has 0 bridgehead atoms. The van der Waals surface area contributed by atoms with Crippen LogP contribution in [0.5, 0.6) is 0 Å². The van der Waals surface area contributed by atoms with E-state index in [9.17, 15) is 0 Å². The fraction of sp³-hybridized carbons (Fsp3) is 0.562. The molecule has 4 heteroatoms. The van der Waals surface area contributed by atoms with Crippen LogP contribution in [-0.4, -0.2) is 24.1 Å². The van der Waals surface area contributed by atoms with Crippen molar-refractivity contribution in [3.8, 4) is 0 Å². The number of rotatable bonds is 6. The molecular formula is C16H27N3O. The van der Waals surface area contributed by atoms with Crippen molar-refractivity contribution in [1.82, 2.24) is 0 Å². The number of oxime groups is 1. The maximum Gasteiger partial charge on any atom is 0.172 e. The standard InChI is InChI=1S/C16H27N3O/c1-11(2)9-19(10-12(3)4)15-7-6-13(5)8-14(15)16(17)18-20/h6-8,11-12,20H,9-10H2,1-5H3,(H2,17,18). The molecule has 0 spiro atoms. The Labute approximate surface area is 122 Å². The maximum absolute atomic E-state index is 8.99. The van der Waals surface area contributed by atoms with Crippen molar-refractivity contribution in [3.63, 3.8) is 0 Å². The van der Waals surface area contributed by atoms with E-state index in [2.05, 4.69) is 49.9 Å². The molecule has 0 fully saturated rings. The Hall–Kier alpha value is -1.71. The Morgan fingerprint density at radius 1 is 1.20 bits per heavy atom. The van der Waals surface area contributed by atoms with Gasteiger partial charge in [0.1, 0.15) is 0 Å². The first-order valence-electron chi connectivity index (χ1n) is 7.18. The highest BCUT2D eigenvalue weighted by Crippen LogP contribution is 2.24. The second-order valence-corrected chi connectivity index (χ2v) is 6.20. The van der Waals surface area contributed by atoms with Crippen LogP contribution in [0.15, 0.2) is 23.4 Å². The summed E-state index contributed by atoms with van der Waals surface area (Å²) >= 11 is 0. The van der Waals surface area contributed by atoms with Crippen LogP contribution in [0.3, 0.4) is 0 Å². The molecule has 0 atom stereocenters. The van der Waals surface area contributed by atoms with E-state index in [1.807, 2.05) is 13.0 Å². The second kappa shape index (κ2) is 7.17. The van der Waals surface area contributed by atoms with E-state index in [1.54, 1.807) is 0 Å². The van der Waals surface area contributed by atoms with Crippen LogP contribution in [0, 0.1) is 18.8 Å². The van der Waals surface area contributed by atoms with Gasteiger partial charge in [-0.2, -0.15) is 0 Å². The first kappa shape index (κ1) is 16.3. The Kier molecular flexibility index (Phi) is 5.86. The molecule has 0 saturated heterocycles. The van der Waals surface area contributed by atoms with Gasteiger partial charge in [-0.1, -0.05) is 44.5 Å². The summed E-state index contributed by atoms with van der Waals surface area (Å²) in [4.78, 5) is 2.32. The highest BCUT2D eigenvalue weighted by molar-refractivity contribution is 6.02. The summed E-state index contributed by atoms with van der Waals surface area (Å²) in [6.07, 6.45) is 0. The number of nitrogens with two attached hydrogens (primary N) is 1. The molecule has 3 N–H and O–H groups in total. The van der Waals surface area contributed by atoms with E-state index in [0.717, 1.165) is 29.9 Å². The molecule has 0 aliphatic carbocycles. The van der Waals surface area contributed by atoms with Crippen molar-refractivity contribution in [1.29, 1.82) is 0 Å². The van der Waals surface area contributed by atoms with Crippen LogP contribution in [0.4, 0.5) is 5.69 Å². The molecule has 112 valence electrons. The molecule has 0 aliphatic heterocycles. The van der Waals surface area contributed by atoms with Crippen LogP contribution >= 0.6 is 0 Å². The van der Waals surface area contributed by atoms with Gasteiger partial charge in [-0.3, -0.25) is 0 Å². The number of hydrogen-bond donors (Lipinski definition) is 2. The minimum absolute atomic E-state index is 0.168. The van der Waals surface area contributed by atoms with Gasteiger partial charge in [0.2, 0.25) is 0 Å². The zero-order chi connectivity index (χ0) is 15.3.